The molecule has 0 radical (unpaired) electrons. The summed E-state index contributed by atoms with van der Waals surface area (Å²) >= 11 is 4.74. The predicted molar refractivity (Wildman–Crippen MR) is 102 cm³/mol. The van der Waals surface area contributed by atoms with Gasteiger partial charge in [0.15, 0.2) is 5.11 Å². The van der Waals surface area contributed by atoms with Gasteiger partial charge in [-0.05, 0) is 35.3 Å². The molecule has 0 saturated heterocycles. The number of nitrogens with two attached hydrogens (primary N) is 1. The molecule has 3 rings (SSSR count). The molecule has 5 heteroatoms. The molecule has 0 amide bonds. The van der Waals surface area contributed by atoms with Gasteiger partial charge in [-0.3, -0.25) is 5.43 Å². The molecule has 24 heavy (non-hydrogen) atoms. The third-order valence-corrected chi connectivity index (χ3v) is 3.62. The minimum atomic E-state index is 0.137. The van der Waals surface area contributed by atoms with Gasteiger partial charge in [-0.15, -0.1) is 0 Å². The standard InChI is InChI=1S/C19H17N3OS/c20-19(24)22-21-12-15-10-11-18(17-9-5-4-8-16(15)17)23-13-14-6-2-1-3-7-14/h1-12H,13H2,(H3,20,22,24)/b21-12+. The maximum Gasteiger partial charge on any atom is 0.184 e. The van der Waals surface area contributed by atoms with Crippen LogP contribution in [0.5, 0.6) is 5.75 Å². The lowest BCUT2D eigenvalue weighted by atomic mass is 10.0. The molecule has 0 aliphatic heterocycles. The number of nitrogens with zero attached hydrogens (tertiary/aromatic N) is 1. The molecule has 0 unspecified atom stereocenters. The monoisotopic (exact) mass is 335 g/mol. The Balaban J connectivity index is 1.87. The molecule has 0 atom stereocenters. The minimum absolute atomic E-state index is 0.137. The highest BCUT2D eigenvalue weighted by atomic mass is 32.1. The summed E-state index contributed by atoms with van der Waals surface area (Å²) in [4.78, 5) is 0. The number of hydrogen-bond donors (Lipinski definition) is 2. The second kappa shape index (κ2) is 7.57. The van der Waals surface area contributed by atoms with Crippen LogP contribution in [0.1, 0.15) is 11.1 Å². The van der Waals surface area contributed by atoms with Crippen LogP contribution in [0.3, 0.4) is 0 Å². The van der Waals surface area contributed by atoms with Crippen molar-refractivity contribution < 1.29 is 4.74 Å². The van der Waals surface area contributed by atoms with E-state index in [-0.39, 0.29) is 5.11 Å². The zero-order valence-electron chi connectivity index (χ0n) is 13.0. The summed E-state index contributed by atoms with van der Waals surface area (Å²) in [7, 11) is 0. The molecule has 3 aromatic rings. The van der Waals surface area contributed by atoms with E-state index in [4.69, 9.17) is 22.7 Å². The van der Waals surface area contributed by atoms with E-state index in [1.165, 1.54) is 0 Å². The van der Waals surface area contributed by atoms with Crippen LogP contribution in [-0.2, 0) is 6.61 Å². The molecule has 0 aliphatic rings. The summed E-state index contributed by atoms with van der Waals surface area (Å²) in [6.45, 7) is 0.529. The molecule has 3 aromatic carbocycles. The van der Waals surface area contributed by atoms with Crippen LogP contribution < -0.4 is 15.9 Å². The van der Waals surface area contributed by atoms with E-state index in [1.807, 2.05) is 66.7 Å². The fraction of sp³-hybridized carbons (Fsp3) is 0.0526. The van der Waals surface area contributed by atoms with Gasteiger partial charge in [-0.25, -0.2) is 0 Å². The minimum Gasteiger partial charge on any atom is -0.488 e. The van der Waals surface area contributed by atoms with Gasteiger partial charge in [0.1, 0.15) is 12.4 Å². The number of thiocarbonyl (C=S) groups is 1. The summed E-state index contributed by atoms with van der Waals surface area (Å²) in [5.41, 5.74) is 10.0. The van der Waals surface area contributed by atoms with E-state index in [1.54, 1.807) is 6.21 Å². The molecule has 0 bridgehead atoms. The van der Waals surface area contributed by atoms with E-state index in [2.05, 4.69) is 10.5 Å². The molecule has 0 aromatic heterocycles. The van der Waals surface area contributed by atoms with Gasteiger partial charge >= 0.3 is 0 Å². The molecule has 0 heterocycles. The Morgan fingerprint density at radius 1 is 1.00 bits per heavy atom. The first kappa shape index (κ1) is 16.0. The Labute approximate surface area is 145 Å². The molecule has 120 valence electrons. The third-order valence-electron chi connectivity index (χ3n) is 3.53. The summed E-state index contributed by atoms with van der Waals surface area (Å²) in [6, 6.07) is 22.1. The summed E-state index contributed by atoms with van der Waals surface area (Å²) in [5, 5.41) is 6.26. The second-order valence-corrected chi connectivity index (χ2v) is 5.65. The Morgan fingerprint density at radius 2 is 1.71 bits per heavy atom. The molecular weight excluding hydrogens is 318 g/mol. The number of rotatable bonds is 5. The van der Waals surface area contributed by atoms with Gasteiger partial charge in [-0.2, -0.15) is 5.10 Å². The summed E-state index contributed by atoms with van der Waals surface area (Å²) in [5.74, 6) is 0.842. The lowest BCUT2D eigenvalue weighted by Crippen LogP contribution is -2.24. The molecule has 4 nitrogen and oxygen atoms in total. The van der Waals surface area contributed by atoms with Gasteiger partial charge in [0.2, 0.25) is 0 Å². The van der Waals surface area contributed by atoms with Gasteiger partial charge in [0.25, 0.3) is 0 Å². The van der Waals surface area contributed by atoms with Crippen LogP contribution in [0.15, 0.2) is 71.8 Å². The molecular formula is C19H17N3OS. The highest BCUT2D eigenvalue weighted by Crippen LogP contribution is 2.28. The van der Waals surface area contributed by atoms with E-state index in [0.717, 1.165) is 27.6 Å². The Hall–Kier alpha value is -2.92. The molecule has 0 spiro atoms. The number of hydrazone groups is 1. The van der Waals surface area contributed by atoms with Crippen molar-refractivity contribution in [3.8, 4) is 5.75 Å². The zero-order chi connectivity index (χ0) is 16.8. The summed E-state index contributed by atoms with van der Waals surface area (Å²) in [6.07, 6.45) is 1.70. The number of ether oxygens (including phenoxy) is 1. The quantitative estimate of drug-likeness (QED) is 0.425. The number of fused-ring (bicyclic) bond motifs is 1. The topological polar surface area (TPSA) is 59.6 Å². The first-order chi connectivity index (χ1) is 11.7. The maximum absolute atomic E-state index is 6.00. The average molecular weight is 335 g/mol. The third kappa shape index (κ3) is 3.88. The number of benzene rings is 3. The Bertz CT molecular complexity index is 878. The normalized spacial score (nSPS) is 10.8. The van der Waals surface area contributed by atoms with Crippen LogP contribution in [0.4, 0.5) is 0 Å². The van der Waals surface area contributed by atoms with Crippen LogP contribution in [0.25, 0.3) is 10.8 Å². The van der Waals surface area contributed by atoms with E-state index in [0.29, 0.717) is 6.61 Å². The van der Waals surface area contributed by atoms with Crippen LogP contribution in [0, 0.1) is 0 Å². The van der Waals surface area contributed by atoms with Gasteiger partial charge in [-0.1, -0.05) is 54.6 Å². The van der Waals surface area contributed by atoms with E-state index >= 15 is 0 Å². The van der Waals surface area contributed by atoms with Gasteiger partial charge in [0, 0.05) is 10.9 Å². The first-order valence-corrected chi connectivity index (χ1v) is 7.92. The van der Waals surface area contributed by atoms with Crippen molar-refractivity contribution in [1.29, 1.82) is 0 Å². The molecule has 0 aliphatic carbocycles. The van der Waals surface area contributed by atoms with Crippen molar-refractivity contribution in [3.05, 3.63) is 77.9 Å². The second-order valence-electron chi connectivity index (χ2n) is 5.21. The Morgan fingerprint density at radius 3 is 2.46 bits per heavy atom. The van der Waals surface area contributed by atoms with E-state index < -0.39 is 0 Å². The average Bonchev–Trinajstić information content (AvgIpc) is 2.61. The van der Waals surface area contributed by atoms with E-state index in [9.17, 15) is 0 Å². The van der Waals surface area contributed by atoms with Crippen molar-refractivity contribution in [2.75, 3.05) is 0 Å². The predicted octanol–water partition coefficient (Wildman–Crippen LogP) is 3.59. The van der Waals surface area contributed by atoms with Crippen LogP contribution >= 0.6 is 12.2 Å². The maximum atomic E-state index is 6.00. The fourth-order valence-electron chi connectivity index (χ4n) is 2.43. The molecule has 3 N–H and O–H groups in total. The fourth-order valence-corrected chi connectivity index (χ4v) is 2.49. The van der Waals surface area contributed by atoms with Crippen LogP contribution in [0.2, 0.25) is 0 Å². The van der Waals surface area contributed by atoms with Crippen molar-refractivity contribution in [2.24, 2.45) is 10.8 Å². The SMILES string of the molecule is NC(=S)N/N=C/c1ccc(OCc2ccccc2)c2ccccc12. The smallest absolute Gasteiger partial charge is 0.184 e. The van der Waals surface area contributed by atoms with Crippen molar-refractivity contribution in [1.82, 2.24) is 5.43 Å². The van der Waals surface area contributed by atoms with Gasteiger partial charge < -0.3 is 10.5 Å². The lowest BCUT2D eigenvalue weighted by molar-refractivity contribution is 0.310. The highest BCUT2D eigenvalue weighted by molar-refractivity contribution is 7.80. The molecule has 0 saturated carbocycles. The van der Waals surface area contributed by atoms with Gasteiger partial charge in [0.05, 0.1) is 6.21 Å². The Kier molecular flexibility index (Phi) is 5.03. The van der Waals surface area contributed by atoms with Crippen molar-refractivity contribution in [2.45, 2.75) is 6.61 Å². The zero-order valence-corrected chi connectivity index (χ0v) is 13.8. The highest BCUT2D eigenvalue weighted by Gasteiger charge is 2.06. The summed E-state index contributed by atoms with van der Waals surface area (Å²) < 4.78 is 6.00. The van der Waals surface area contributed by atoms with Crippen molar-refractivity contribution in [3.63, 3.8) is 0 Å². The van der Waals surface area contributed by atoms with Crippen LogP contribution in [-0.4, -0.2) is 11.3 Å². The number of hydrogen-bond acceptors (Lipinski definition) is 3. The van der Waals surface area contributed by atoms with Crippen molar-refractivity contribution >= 4 is 34.3 Å². The molecule has 0 fully saturated rings. The lowest BCUT2D eigenvalue weighted by Gasteiger charge is -2.11. The first-order valence-electron chi connectivity index (χ1n) is 7.51. The largest absolute Gasteiger partial charge is 0.488 e. The number of nitrogens with one attached hydrogen (secondary N) is 1.